The summed E-state index contributed by atoms with van der Waals surface area (Å²) in [6.07, 6.45) is 0. The molecule has 0 atom stereocenters. The Morgan fingerprint density at radius 3 is 2.62 bits per heavy atom. The number of benzene rings is 1. The second kappa shape index (κ2) is 5.97. The van der Waals surface area contributed by atoms with E-state index in [2.05, 4.69) is 10.5 Å². The molecule has 0 heterocycles. The Hall–Kier alpha value is -3.68. The molecule has 0 unspecified atom stereocenters. The summed E-state index contributed by atoms with van der Waals surface area (Å²) in [5.74, 6) is -3.24. The average Bonchev–Trinajstić information content (AvgIpc) is 2.39. The lowest BCUT2D eigenvalue weighted by Crippen LogP contribution is -2.21. The van der Waals surface area contributed by atoms with E-state index in [1.807, 2.05) is 0 Å². The zero-order valence-electron chi connectivity index (χ0n) is 10.2. The van der Waals surface area contributed by atoms with Gasteiger partial charge in [-0.25, -0.2) is 4.79 Å². The summed E-state index contributed by atoms with van der Waals surface area (Å²) in [5, 5.41) is 48.1. The minimum Gasteiger partial charge on any atom is -0.501 e. The molecule has 0 amide bonds. The highest BCUT2D eigenvalue weighted by Gasteiger charge is 2.23. The molecule has 0 aliphatic carbocycles. The minimum atomic E-state index is -1.59. The lowest BCUT2D eigenvalue weighted by atomic mass is 10.1. The summed E-state index contributed by atoms with van der Waals surface area (Å²) in [4.78, 5) is 20.7. The predicted molar refractivity (Wildman–Crippen MR) is 70.3 cm³/mol. The van der Waals surface area contributed by atoms with Crippen molar-refractivity contribution in [2.24, 2.45) is 10.8 Å². The van der Waals surface area contributed by atoms with Crippen molar-refractivity contribution < 1.29 is 19.9 Å². The van der Waals surface area contributed by atoms with E-state index < -0.39 is 39.4 Å². The Morgan fingerprint density at radius 1 is 1.57 bits per heavy atom. The number of carbonyl (C=O) groups is 1. The fourth-order valence-electron chi connectivity index (χ4n) is 1.25. The summed E-state index contributed by atoms with van der Waals surface area (Å²) in [6.45, 7) is 0. The standard InChI is InChI=1S/C10H8N6O5/c11-3-6(9(12)13)15-14-4-1-5(10(18)19)8(17)7(2-4)16(20)21/h1-2,14,17H,(H3,12,13)(H,18,19)/b15-6+. The van der Waals surface area contributed by atoms with Gasteiger partial charge in [-0.15, -0.1) is 0 Å². The number of amidine groups is 1. The lowest BCUT2D eigenvalue weighted by molar-refractivity contribution is -0.385. The number of hydrazone groups is 1. The van der Waals surface area contributed by atoms with Gasteiger partial charge in [-0.2, -0.15) is 10.4 Å². The van der Waals surface area contributed by atoms with Crippen molar-refractivity contribution >= 4 is 28.9 Å². The van der Waals surface area contributed by atoms with Crippen molar-refractivity contribution in [1.29, 1.82) is 10.7 Å². The van der Waals surface area contributed by atoms with Crippen LogP contribution in [0.15, 0.2) is 17.2 Å². The SMILES string of the molecule is N#C/C(=N\Nc1cc(C(=O)O)c(O)c([N+](=O)[O-])c1)C(=N)N. The van der Waals surface area contributed by atoms with Crippen LogP contribution < -0.4 is 11.2 Å². The van der Waals surface area contributed by atoms with Gasteiger partial charge in [0.15, 0.2) is 5.84 Å². The Balaban J connectivity index is 3.32. The van der Waals surface area contributed by atoms with Crippen LogP contribution in [-0.2, 0) is 0 Å². The van der Waals surface area contributed by atoms with Gasteiger partial charge in [0.25, 0.3) is 0 Å². The first-order chi connectivity index (χ1) is 9.77. The van der Waals surface area contributed by atoms with Gasteiger partial charge in [-0.1, -0.05) is 0 Å². The highest BCUT2D eigenvalue weighted by Crippen LogP contribution is 2.33. The molecule has 21 heavy (non-hydrogen) atoms. The van der Waals surface area contributed by atoms with Gasteiger partial charge in [0.1, 0.15) is 11.6 Å². The fraction of sp³-hybridized carbons (Fsp3) is 0. The number of nitro benzene ring substituents is 1. The Morgan fingerprint density at radius 2 is 2.19 bits per heavy atom. The largest absolute Gasteiger partial charge is 0.501 e. The second-order valence-corrected chi connectivity index (χ2v) is 3.55. The first-order valence-corrected chi connectivity index (χ1v) is 5.10. The van der Waals surface area contributed by atoms with E-state index in [4.69, 9.17) is 21.5 Å². The highest BCUT2D eigenvalue weighted by molar-refractivity contribution is 6.45. The summed E-state index contributed by atoms with van der Waals surface area (Å²) >= 11 is 0. The van der Waals surface area contributed by atoms with E-state index in [0.29, 0.717) is 0 Å². The van der Waals surface area contributed by atoms with Crippen LogP contribution in [0.4, 0.5) is 11.4 Å². The molecule has 1 aromatic carbocycles. The molecular weight excluding hydrogens is 284 g/mol. The number of nitrogens with zero attached hydrogens (tertiary/aromatic N) is 3. The number of nitriles is 1. The van der Waals surface area contributed by atoms with Crippen molar-refractivity contribution in [2.75, 3.05) is 5.43 Å². The zero-order valence-corrected chi connectivity index (χ0v) is 10.2. The molecule has 0 aromatic heterocycles. The van der Waals surface area contributed by atoms with Crippen molar-refractivity contribution in [3.05, 3.63) is 27.8 Å². The van der Waals surface area contributed by atoms with Crippen molar-refractivity contribution in [3.63, 3.8) is 0 Å². The first-order valence-electron chi connectivity index (χ1n) is 5.10. The smallest absolute Gasteiger partial charge is 0.339 e. The van der Waals surface area contributed by atoms with E-state index in [9.17, 15) is 20.0 Å². The molecular formula is C10H8N6O5. The number of nitrogens with one attached hydrogen (secondary N) is 2. The van der Waals surface area contributed by atoms with E-state index in [1.165, 1.54) is 6.07 Å². The average molecular weight is 292 g/mol. The Bertz CT molecular complexity index is 669. The molecule has 108 valence electrons. The number of aromatic hydroxyl groups is 1. The van der Waals surface area contributed by atoms with Crippen molar-refractivity contribution in [2.45, 2.75) is 0 Å². The summed E-state index contributed by atoms with van der Waals surface area (Å²) < 4.78 is 0. The second-order valence-electron chi connectivity index (χ2n) is 3.55. The van der Waals surface area contributed by atoms with Gasteiger partial charge < -0.3 is 15.9 Å². The fourth-order valence-corrected chi connectivity index (χ4v) is 1.25. The molecule has 0 spiro atoms. The molecule has 0 saturated carbocycles. The summed E-state index contributed by atoms with van der Waals surface area (Å²) in [7, 11) is 0. The molecule has 0 aliphatic rings. The van der Waals surface area contributed by atoms with E-state index in [-0.39, 0.29) is 5.69 Å². The van der Waals surface area contributed by atoms with Crippen molar-refractivity contribution in [3.8, 4) is 11.8 Å². The number of rotatable bonds is 5. The molecule has 0 aliphatic heterocycles. The summed E-state index contributed by atoms with van der Waals surface area (Å²) in [6, 6.07) is 3.19. The number of aromatic carboxylic acids is 1. The van der Waals surface area contributed by atoms with Gasteiger partial charge in [-0.3, -0.25) is 20.9 Å². The third kappa shape index (κ3) is 3.41. The maximum absolute atomic E-state index is 10.9. The number of nitrogens with two attached hydrogens (primary N) is 1. The van der Waals surface area contributed by atoms with E-state index in [1.54, 1.807) is 0 Å². The molecule has 1 rings (SSSR count). The highest BCUT2D eigenvalue weighted by atomic mass is 16.6. The number of hydrogen-bond acceptors (Lipinski definition) is 8. The maximum Gasteiger partial charge on any atom is 0.339 e. The lowest BCUT2D eigenvalue weighted by Gasteiger charge is -2.05. The minimum absolute atomic E-state index is 0.175. The van der Waals surface area contributed by atoms with E-state index >= 15 is 0 Å². The number of phenols is 1. The third-order valence-corrected chi connectivity index (χ3v) is 2.17. The molecule has 1 aromatic rings. The van der Waals surface area contributed by atoms with Gasteiger partial charge in [0.05, 0.1) is 10.6 Å². The normalized spacial score (nSPS) is 10.5. The number of anilines is 1. The first kappa shape index (κ1) is 15.4. The third-order valence-electron chi connectivity index (χ3n) is 2.17. The number of carboxylic acids is 1. The van der Waals surface area contributed by atoms with Gasteiger partial charge in [0, 0.05) is 6.07 Å². The van der Waals surface area contributed by atoms with Crippen LogP contribution in [0.3, 0.4) is 0 Å². The van der Waals surface area contributed by atoms with Crippen LogP contribution in [0.5, 0.6) is 5.75 Å². The quantitative estimate of drug-likeness (QED) is 0.167. The van der Waals surface area contributed by atoms with Gasteiger partial charge in [-0.05, 0) is 6.07 Å². The molecule has 0 saturated heterocycles. The van der Waals surface area contributed by atoms with Crippen LogP contribution >= 0.6 is 0 Å². The number of hydrogen-bond donors (Lipinski definition) is 5. The summed E-state index contributed by atoms with van der Waals surface area (Å²) in [5.41, 5.74) is 4.96. The van der Waals surface area contributed by atoms with Crippen LogP contribution in [0.2, 0.25) is 0 Å². The van der Waals surface area contributed by atoms with Crippen LogP contribution in [-0.4, -0.2) is 32.7 Å². The Labute approximate surface area is 116 Å². The van der Waals surface area contributed by atoms with Gasteiger partial charge >= 0.3 is 11.7 Å². The van der Waals surface area contributed by atoms with Crippen molar-refractivity contribution in [1.82, 2.24) is 0 Å². The molecule has 0 bridgehead atoms. The maximum atomic E-state index is 10.9. The molecule has 6 N–H and O–H groups in total. The molecule has 0 fully saturated rings. The number of carboxylic acid groups (broad SMARTS) is 1. The molecule has 11 nitrogen and oxygen atoms in total. The monoisotopic (exact) mass is 292 g/mol. The molecule has 11 heteroatoms. The van der Waals surface area contributed by atoms with Gasteiger partial charge in [0.2, 0.25) is 11.5 Å². The van der Waals surface area contributed by atoms with Crippen LogP contribution in [0.25, 0.3) is 0 Å². The van der Waals surface area contributed by atoms with Crippen LogP contribution in [0, 0.1) is 26.9 Å². The molecule has 0 radical (unpaired) electrons. The van der Waals surface area contributed by atoms with E-state index in [0.717, 1.165) is 12.1 Å². The topological polar surface area (TPSA) is 199 Å². The zero-order chi connectivity index (χ0) is 16.2. The Kier molecular flexibility index (Phi) is 4.38. The predicted octanol–water partition coefficient (Wildman–Crippen LogP) is 0.226. The van der Waals surface area contributed by atoms with Crippen LogP contribution in [0.1, 0.15) is 10.4 Å². The number of nitro groups is 1.